The minimum Gasteiger partial charge on any atom is -0.462 e. The summed E-state index contributed by atoms with van der Waals surface area (Å²) in [4.78, 5) is 0. The van der Waals surface area contributed by atoms with Gasteiger partial charge in [-0.3, -0.25) is 0 Å². The lowest BCUT2D eigenvalue weighted by atomic mass is 9.67. The van der Waals surface area contributed by atoms with Crippen LogP contribution in [0.2, 0.25) is 0 Å². The van der Waals surface area contributed by atoms with E-state index in [1.165, 1.54) is 25.0 Å². The van der Waals surface area contributed by atoms with E-state index in [-0.39, 0.29) is 0 Å². The van der Waals surface area contributed by atoms with Crippen molar-refractivity contribution >= 4 is 0 Å². The molecule has 1 aliphatic carbocycles. The fraction of sp³-hybridized carbons (Fsp3) is 0.0303. The van der Waals surface area contributed by atoms with Crippen LogP contribution in [-0.2, 0) is 5.41 Å². The normalized spacial score (nSPS) is 12.4. The van der Waals surface area contributed by atoms with Crippen LogP contribution in [0.3, 0.4) is 0 Å². The molecule has 5 rings (SSSR count). The second kappa shape index (κ2) is 9.96. The minimum atomic E-state index is -0.689. The third-order valence-corrected chi connectivity index (χ3v) is 6.55. The number of fused-ring (bicyclic) bond motifs is 3. The molecule has 0 radical (unpaired) electrons. The van der Waals surface area contributed by atoms with Crippen LogP contribution in [0.1, 0.15) is 22.3 Å². The Kier molecular flexibility index (Phi) is 6.40. The Bertz CT molecular complexity index is 1400. The second-order valence-corrected chi connectivity index (χ2v) is 8.30. The van der Waals surface area contributed by atoms with E-state index in [0.717, 1.165) is 33.4 Å². The maximum Gasteiger partial charge on any atom is 0.169 e. The number of ether oxygens (including phenoxy) is 4. The van der Waals surface area contributed by atoms with Crippen LogP contribution >= 0.6 is 0 Å². The summed E-state index contributed by atoms with van der Waals surface area (Å²) in [7, 11) is 0. The summed E-state index contributed by atoms with van der Waals surface area (Å²) in [5.41, 5.74) is 5.88. The molecule has 1 aliphatic rings. The van der Waals surface area contributed by atoms with Crippen molar-refractivity contribution in [3.63, 3.8) is 0 Å². The molecule has 37 heavy (non-hydrogen) atoms. The van der Waals surface area contributed by atoms with Gasteiger partial charge in [0.15, 0.2) is 23.0 Å². The van der Waals surface area contributed by atoms with Crippen LogP contribution in [0.25, 0.3) is 11.1 Å². The molecule has 0 spiro atoms. The Morgan fingerprint density at radius 3 is 1.24 bits per heavy atom. The summed E-state index contributed by atoms with van der Waals surface area (Å²) in [5.74, 6) is 2.14. The first kappa shape index (κ1) is 23.8. The van der Waals surface area contributed by atoms with Gasteiger partial charge < -0.3 is 18.9 Å². The first-order valence-electron chi connectivity index (χ1n) is 11.8. The van der Waals surface area contributed by atoms with E-state index in [4.69, 9.17) is 18.9 Å². The van der Waals surface area contributed by atoms with Crippen molar-refractivity contribution in [2.24, 2.45) is 0 Å². The zero-order valence-corrected chi connectivity index (χ0v) is 20.4. The van der Waals surface area contributed by atoms with Gasteiger partial charge in [-0.15, -0.1) is 0 Å². The Balaban J connectivity index is 1.89. The SMILES string of the molecule is C=COc1ccc(C2(c3ccc(OC=C)c(OC=C)c3)c3ccccc3-c3ccccc32)cc1OC=C. The highest BCUT2D eigenvalue weighted by Crippen LogP contribution is 2.57. The largest absolute Gasteiger partial charge is 0.462 e. The lowest BCUT2D eigenvalue weighted by molar-refractivity contribution is 0.416. The van der Waals surface area contributed by atoms with E-state index in [0.29, 0.717) is 23.0 Å². The van der Waals surface area contributed by atoms with E-state index >= 15 is 0 Å². The highest BCUT2D eigenvalue weighted by atomic mass is 16.5. The molecular weight excluding hydrogens is 460 g/mol. The molecule has 0 atom stereocenters. The molecule has 182 valence electrons. The van der Waals surface area contributed by atoms with Crippen LogP contribution in [0.5, 0.6) is 23.0 Å². The van der Waals surface area contributed by atoms with Crippen LogP contribution in [0.15, 0.2) is 136 Å². The zero-order chi connectivity index (χ0) is 25.8. The molecule has 4 heteroatoms. The van der Waals surface area contributed by atoms with Gasteiger partial charge in [0.05, 0.1) is 30.5 Å². The Morgan fingerprint density at radius 1 is 0.459 bits per heavy atom. The summed E-state index contributed by atoms with van der Waals surface area (Å²) in [6.07, 6.45) is 5.52. The lowest BCUT2D eigenvalue weighted by Gasteiger charge is -2.34. The van der Waals surface area contributed by atoms with Crippen molar-refractivity contribution in [3.05, 3.63) is 159 Å². The molecule has 4 nitrogen and oxygen atoms in total. The van der Waals surface area contributed by atoms with Gasteiger partial charge in [0.2, 0.25) is 0 Å². The smallest absolute Gasteiger partial charge is 0.169 e. The molecule has 0 aromatic heterocycles. The Morgan fingerprint density at radius 2 is 0.838 bits per heavy atom. The summed E-state index contributed by atoms with van der Waals surface area (Å²) < 4.78 is 22.8. The van der Waals surface area contributed by atoms with Crippen molar-refractivity contribution in [3.8, 4) is 34.1 Å². The quantitative estimate of drug-likeness (QED) is 0.187. The van der Waals surface area contributed by atoms with Crippen molar-refractivity contribution < 1.29 is 18.9 Å². The molecule has 0 heterocycles. The Labute approximate surface area is 217 Å². The summed E-state index contributed by atoms with van der Waals surface area (Å²) in [6.45, 7) is 14.8. The number of rotatable bonds is 10. The molecule has 0 unspecified atom stereocenters. The number of benzene rings is 4. The van der Waals surface area contributed by atoms with E-state index in [9.17, 15) is 0 Å². The topological polar surface area (TPSA) is 36.9 Å². The van der Waals surface area contributed by atoms with Gasteiger partial charge in [0.25, 0.3) is 0 Å². The molecule has 4 aromatic carbocycles. The first-order chi connectivity index (χ1) is 18.2. The fourth-order valence-corrected chi connectivity index (χ4v) is 5.24. The van der Waals surface area contributed by atoms with E-state index in [2.05, 4.69) is 87.0 Å². The van der Waals surface area contributed by atoms with Crippen molar-refractivity contribution in [1.82, 2.24) is 0 Å². The van der Waals surface area contributed by atoms with Crippen LogP contribution in [0.4, 0.5) is 0 Å². The van der Waals surface area contributed by atoms with Gasteiger partial charge in [-0.2, -0.15) is 0 Å². The van der Waals surface area contributed by atoms with E-state index in [1.807, 2.05) is 24.3 Å². The standard InChI is InChI=1S/C33H26O4/c1-5-34-29-19-17-23(21-31(29)36-7-3)33(24-18-20-30(35-6-2)32(22-24)37-8-4)27-15-11-9-13-25(27)26-14-10-12-16-28(26)33/h5-22H,1-4H2. The molecule has 0 saturated heterocycles. The molecule has 0 fully saturated rings. The average Bonchev–Trinajstić information content (AvgIpc) is 3.23. The van der Waals surface area contributed by atoms with Gasteiger partial charge in [-0.1, -0.05) is 87.0 Å². The average molecular weight is 487 g/mol. The van der Waals surface area contributed by atoms with Crippen LogP contribution in [-0.4, -0.2) is 0 Å². The number of hydrogen-bond donors (Lipinski definition) is 0. The summed E-state index contributed by atoms with van der Waals surface area (Å²) >= 11 is 0. The molecule has 0 bridgehead atoms. The van der Waals surface area contributed by atoms with Gasteiger partial charge >= 0.3 is 0 Å². The second-order valence-electron chi connectivity index (χ2n) is 8.30. The first-order valence-corrected chi connectivity index (χ1v) is 11.8. The van der Waals surface area contributed by atoms with E-state index < -0.39 is 5.41 Å². The molecule has 0 N–H and O–H groups in total. The maximum absolute atomic E-state index is 5.78. The monoisotopic (exact) mass is 486 g/mol. The molecule has 4 aromatic rings. The Hall–Kier alpha value is -4.96. The molecule has 0 saturated carbocycles. The van der Waals surface area contributed by atoms with Gasteiger partial charge in [0, 0.05) is 0 Å². The van der Waals surface area contributed by atoms with Gasteiger partial charge in [-0.05, 0) is 57.6 Å². The maximum atomic E-state index is 5.78. The fourth-order valence-electron chi connectivity index (χ4n) is 5.24. The van der Waals surface area contributed by atoms with Gasteiger partial charge in [0.1, 0.15) is 0 Å². The molecule has 0 amide bonds. The lowest BCUT2D eigenvalue weighted by Crippen LogP contribution is -2.28. The highest BCUT2D eigenvalue weighted by Gasteiger charge is 2.46. The van der Waals surface area contributed by atoms with E-state index in [1.54, 1.807) is 0 Å². The van der Waals surface area contributed by atoms with Crippen LogP contribution < -0.4 is 18.9 Å². The molecular formula is C33H26O4. The number of hydrogen-bond acceptors (Lipinski definition) is 4. The van der Waals surface area contributed by atoms with Crippen molar-refractivity contribution in [2.45, 2.75) is 5.41 Å². The molecule has 0 aliphatic heterocycles. The summed E-state index contributed by atoms with van der Waals surface area (Å²) in [6, 6.07) is 28.7. The van der Waals surface area contributed by atoms with Crippen LogP contribution in [0, 0.1) is 0 Å². The third kappa shape index (κ3) is 3.80. The predicted molar refractivity (Wildman–Crippen MR) is 147 cm³/mol. The minimum absolute atomic E-state index is 0.530. The van der Waals surface area contributed by atoms with Crippen molar-refractivity contribution in [2.75, 3.05) is 0 Å². The summed E-state index contributed by atoms with van der Waals surface area (Å²) in [5, 5.41) is 0. The zero-order valence-electron chi connectivity index (χ0n) is 20.4. The highest BCUT2D eigenvalue weighted by molar-refractivity contribution is 5.86. The predicted octanol–water partition coefficient (Wildman–Crippen LogP) is 8.14. The van der Waals surface area contributed by atoms with Gasteiger partial charge in [-0.25, -0.2) is 0 Å². The van der Waals surface area contributed by atoms with Crippen molar-refractivity contribution in [1.29, 1.82) is 0 Å². The third-order valence-electron chi connectivity index (χ3n) is 6.55.